The van der Waals surface area contributed by atoms with Crippen LogP contribution in [0.4, 0.5) is 0 Å². The van der Waals surface area contributed by atoms with Crippen LogP contribution in [0.3, 0.4) is 0 Å². The molecule has 0 amide bonds. The number of para-hydroxylation sites is 2. The number of rotatable bonds is 8. The van der Waals surface area contributed by atoms with Crippen molar-refractivity contribution < 1.29 is 23.8 Å². The van der Waals surface area contributed by atoms with Crippen molar-refractivity contribution in [3.63, 3.8) is 0 Å². The Labute approximate surface area is 196 Å². The van der Waals surface area contributed by atoms with Gasteiger partial charge in [-0.1, -0.05) is 42.5 Å². The number of benzene rings is 4. The van der Waals surface area contributed by atoms with Crippen LogP contribution < -0.4 is 9.47 Å². The second-order valence-electron chi connectivity index (χ2n) is 7.58. The second-order valence-corrected chi connectivity index (χ2v) is 7.58. The summed E-state index contributed by atoms with van der Waals surface area (Å²) < 4.78 is 17.2. The van der Waals surface area contributed by atoms with E-state index in [1.807, 2.05) is 54.6 Å². The minimum atomic E-state index is -0.241. The van der Waals surface area contributed by atoms with Gasteiger partial charge in [-0.15, -0.1) is 0 Å². The number of phenolic OH excluding ortho intramolecular Hbond substituents is 1. The number of hydrogen-bond donors (Lipinski definition) is 1. The van der Waals surface area contributed by atoms with Crippen molar-refractivity contribution in [2.24, 2.45) is 0 Å². The number of fused-ring (bicyclic) bond motifs is 1. The monoisotopic (exact) mass is 451 g/mol. The lowest BCUT2D eigenvalue weighted by molar-refractivity contribution is 0.103. The summed E-state index contributed by atoms with van der Waals surface area (Å²) in [6, 6.07) is 28.6. The van der Waals surface area contributed by atoms with Gasteiger partial charge in [-0.05, 0) is 48.5 Å². The lowest BCUT2D eigenvalue weighted by Gasteiger charge is -2.10. The van der Waals surface area contributed by atoms with Gasteiger partial charge < -0.3 is 19.0 Å². The van der Waals surface area contributed by atoms with Crippen molar-refractivity contribution in [3.8, 4) is 28.7 Å². The minimum absolute atomic E-state index is 0.123. The molecular weight excluding hydrogens is 430 g/mol. The van der Waals surface area contributed by atoms with Crippen LogP contribution in [0.1, 0.15) is 15.9 Å². The van der Waals surface area contributed by atoms with Crippen molar-refractivity contribution in [2.45, 2.75) is 0 Å². The Kier molecular flexibility index (Phi) is 5.95. The molecule has 4 aromatic carbocycles. The minimum Gasteiger partial charge on any atom is -0.507 e. The summed E-state index contributed by atoms with van der Waals surface area (Å²) in [5.41, 5.74) is 3.17. The fourth-order valence-corrected chi connectivity index (χ4v) is 3.55. The van der Waals surface area contributed by atoms with E-state index >= 15 is 0 Å². The number of oxazole rings is 1. The third kappa shape index (κ3) is 4.61. The summed E-state index contributed by atoms with van der Waals surface area (Å²) >= 11 is 0. The molecule has 1 N–H and O–H groups in total. The number of ketones is 1. The highest BCUT2D eigenvalue weighted by Crippen LogP contribution is 2.27. The largest absolute Gasteiger partial charge is 0.507 e. The summed E-state index contributed by atoms with van der Waals surface area (Å²) in [6.45, 7) is 0.589. The van der Waals surface area contributed by atoms with E-state index in [0.29, 0.717) is 29.6 Å². The Morgan fingerprint density at radius 2 is 1.47 bits per heavy atom. The topological polar surface area (TPSA) is 81.8 Å². The Morgan fingerprint density at radius 1 is 0.794 bits per heavy atom. The predicted octanol–water partition coefficient (Wildman–Crippen LogP) is 5.89. The predicted molar refractivity (Wildman–Crippen MR) is 128 cm³/mol. The molecule has 0 saturated heterocycles. The van der Waals surface area contributed by atoms with E-state index in [1.54, 1.807) is 36.4 Å². The van der Waals surface area contributed by atoms with Gasteiger partial charge in [0.05, 0.1) is 5.56 Å². The summed E-state index contributed by atoms with van der Waals surface area (Å²) in [6.07, 6.45) is 0. The van der Waals surface area contributed by atoms with Crippen molar-refractivity contribution in [3.05, 3.63) is 108 Å². The number of carbonyl (C=O) groups is 1. The molecule has 6 nitrogen and oxygen atoms in total. The average Bonchev–Trinajstić information content (AvgIpc) is 3.32. The number of hydrogen-bond acceptors (Lipinski definition) is 6. The van der Waals surface area contributed by atoms with Gasteiger partial charge in [-0.2, -0.15) is 0 Å². The number of carbonyl (C=O) groups excluding carboxylic acids is 1. The fourth-order valence-electron chi connectivity index (χ4n) is 3.55. The van der Waals surface area contributed by atoms with Gasteiger partial charge in [0.25, 0.3) is 0 Å². The van der Waals surface area contributed by atoms with Crippen LogP contribution in [-0.4, -0.2) is 29.1 Å². The normalized spacial score (nSPS) is 10.8. The van der Waals surface area contributed by atoms with Crippen LogP contribution >= 0.6 is 0 Å². The molecule has 0 aliphatic heterocycles. The summed E-state index contributed by atoms with van der Waals surface area (Å²) in [5.74, 6) is 1.34. The zero-order valence-electron chi connectivity index (χ0n) is 18.2. The molecule has 5 aromatic rings. The number of phenols is 1. The van der Waals surface area contributed by atoms with Crippen LogP contribution in [0.5, 0.6) is 17.2 Å². The summed E-state index contributed by atoms with van der Waals surface area (Å²) in [5, 5.41) is 10.3. The molecule has 0 spiro atoms. The van der Waals surface area contributed by atoms with Gasteiger partial charge >= 0.3 is 0 Å². The molecule has 0 bridgehead atoms. The maximum Gasteiger partial charge on any atom is 0.227 e. The van der Waals surface area contributed by atoms with Gasteiger partial charge in [0.1, 0.15) is 36.0 Å². The van der Waals surface area contributed by atoms with Crippen LogP contribution in [0, 0.1) is 0 Å². The van der Waals surface area contributed by atoms with E-state index in [9.17, 15) is 9.90 Å². The molecule has 0 radical (unpaired) electrons. The zero-order valence-corrected chi connectivity index (χ0v) is 18.2. The lowest BCUT2D eigenvalue weighted by Crippen LogP contribution is -2.09. The first-order valence-electron chi connectivity index (χ1n) is 10.8. The van der Waals surface area contributed by atoms with E-state index in [0.717, 1.165) is 16.7 Å². The average molecular weight is 451 g/mol. The van der Waals surface area contributed by atoms with Crippen LogP contribution in [0.25, 0.3) is 22.6 Å². The number of nitrogens with zero attached hydrogens (tertiary/aromatic N) is 1. The van der Waals surface area contributed by atoms with Gasteiger partial charge in [-0.25, -0.2) is 4.98 Å². The maximum absolute atomic E-state index is 12.5. The van der Waals surface area contributed by atoms with Crippen molar-refractivity contribution in [2.75, 3.05) is 13.2 Å². The Hall–Kier alpha value is -4.58. The molecule has 0 unspecified atom stereocenters. The third-order valence-corrected chi connectivity index (χ3v) is 5.27. The van der Waals surface area contributed by atoms with Crippen LogP contribution in [-0.2, 0) is 0 Å². The highest BCUT2D eigenvalue weighted by atomic mass is 16.5. The molecule has 0 atom stereocenters. The van der Waals surface area contributed by atoms with Crippen molar-refractivity contribution in [1.82, 2.24) is 4.98 Å². The molecule has 6 heteroatoms. The van der Waals surface area contributed by atoms with Gasteiger partial charge in [0.15, 0.2) is 11.4 Å². The first-order chi connectivity index (χ1) is 16.7. The van der Waals surface area contributed by atoms with Gasteiger partial charge in [0.2, 0.25) is 5.89 Å². The van der Waals surface area contributed by atoms with Crippen molar-refractivity contribution in [1.29, 1.82) is 0 Å². The standard InChI is InChI=1S/C28H21NO5/c30-25-18-22(14-15-23(25)27(31)19-6-2-1-3-7-19)33-17-16-32-21-12-10-20(11-13-21)28-29-24-8-4-5-9-26(24)34-28/h1-15,18,30H,16-17H2. The third-order valence-electron chi connectivity index (χ3n) is 5.27. The zero-order chi connectivity index (χ0) is 23.3. The molecule has 0 fully saturated rings. The Bertz CT molecular complexity index is 1390. The molecule has 34 heavy (non-hydrogen) atoms. The summed E-state index contributed by atoms with van der Waals surface area (Å²) in [7, 11) is 0. The quantitative estimate of drug-likeness (QED) is 0.234. The van der Waals surface area contributed by atoms with Crippen LogP contribution in [0.15, 0.2) is 101 Å². The Morgan fingerprint density at radius 3 is 2.21 bits per heavy atom. The van der Waals surface area contributed by atoms with E-state index in [4.69, 9.17) is 13.9 Å². The van der Waals surface area contributed by atoms with E-state index in [-0.39, 0.29) is 23.7 Å². The smallest absolute Gasteiger partial charge is 0.227 e. The molecule has 0 saturated carbocycles. The van der Waals surface area contributed by atoms with E-state index < -0.39 is 0 Å². The first kappa shape index (κ1) is 21.3. The lowest BCUT2D eigenvalue weighted by atomic mass is 10.0. The molecule has 5 rings (SSSR count). The highest BCUT2D eigenvalue weighted by Gasteiger charge is 2.14. The molecule has 0 aliphatic rings. The molecule has 168 valence electrons. The van der Waals surface area contributed by atoms with E-state index in [1.165, 1.54) is 6.07 Å². The van der Waals surface area contributed by atoms with Crippen LogP contribution in [0.2, 0.25) is 0 Å². The Balaban J connectivity index is 1.14. The molecule has 1 heterocycles. The molecule has 1 aromatic heterocycles. The van der Waals surface area contributed by atoms with Gasteiger partial charge in [-0.3, -0.25) is 4.79 Å². The van der Waals surface area contributed by atoms with E-state index in [2.05, 4.69) is 4.98 Å². The molecular formula is C28H21NO5. The fraction of sp³-hybridized carbons (Fsp3) is 0.0714. The highest BCUT2D eigenvalue weighted by molar-refractivity contribution is 6.10. The number of aromatic hydroxyl groups is 1. The number of aromatic nitrogens is 1. The van der Waals surface area contributed by atoms with Gasteiger partial charge in [0, 0.05) is 17.2 Å². The molecule has 0 aliphatic carbocycles. The number of ether oxygens (including phenoxy) is 2. The first-order valence-corrected chi connectivity index (χ1v) is 10.8. The maximum atomic E-state index is 12.5. The SMILES string of the molecule is O=C(c1ccccc1)c1ccc(OCCOc2ccc(-c3nc4ccccc4o3)cc2)cc1O. The second kappa shape index (κ2) is 9.50. The van der Waals surface area contributed by atoms with Crippen molar-refractivity contribution >= 4 is 16.9 Å². The summed E-state index contributed by atoms with van der Waals surface area (Å²) in [4.78, 5) is 17.0.